The normalized spacial score (nSPS) is 17.9. The van der Waals surface area contributed by atoms with E-state index in [0.29, 0.717) is 31.1 Å². The second-order valence-corrected chi connectivity index (χ2v) is 9.36. The van der Waals surface area contributed by atoms with Crippen molar-refractivity contribution in [3.63, 3.8) is 0 Å². The van der Waals surface area contributed by atoms with Crippen LogP contribution < -0.4 is 11.5 Å². The quantitative estimate of drug-likeness (QED) is 0.535. The van der Waals surface area contributed by atoms with Gasteiger partial charge in [-0.05, 0) is 59.8 Å². The largest absolute Gasteiger partial charge is 0.338 e. The van der Waals surface area contributed by atoms with Crippen molar-refractivity contribution in [2.75, 3.05) is 32.7 Å². The van der Waals surface area contributed by atoms with Gasteiger partial charge in [0.05, 0.1) is 6.04 Å². The summed E-state index contributed by atoms with van der Waals surface area (Å²) in [4.78, 5) is 17.5. The molecular weight excluding hydrogens is 432 g/mol. The molecule has 1 saturated heterocycles. The van der Waals surface area contributed by atoms with Gasteiger partial charge in [0, 0.05) is 37.2 Å². The fraction of sp³-hybridized carbons (Fsp3) is 0.370. The molecule has 4 N–H and O–H groups in total. The zero-order valence-electron chi connectivity index (χ0n) is 19.0. The summed E-state index contributed by atoms with van der Waals surface area (Å²) in [5.41, 5.74) is 14.6. The van der Waals surface area contributed by atoms with Crippen LogP contribution in [0.15, 0.2) is 66.7 Å². The summed E-state index contributed by atoms with van der Waals surface area (Å²) in [5, 5.41) is 3.23. The number of carbonyl (C=O) groups excluding carboxylic acids is 1. The number of rotatable bonds is 8. The number of hydrogen-bond donors (Lipinski definition) is 2. The van der Waals surface area contributed by atoms with Crippen molar-refractivity contribution >= 4 is 28.3 Å². The molecule has 1 fully saturated rings. The fourth-order valence-electron chi connectivity index (χ4n) is 4.72. The lowest BCUT2D eigenvalue weighted by molar-refractivity contribution is -0.135. The van der Waals surface area contributed by atoms with Crippen molar-refractivity contribution in [3.05, 3.63) is 82.9 Å². The van der Waals surface area contributed by atoms with Crippen LogP contribution in [0.5, 0.6) is 0 Å². The van der Waals surface area contributed by atoms with Crippen molar-refractivity contribution in [3.8, 4) is 0 Å². The minimum absolute atomic E-state index is 0.0150. The summed E-state index contributed by atoms with van der Waals surface area (Å²) in [5.74, 6) is 0.0150. The Morgan fingerprint density at radius 2 is 1.73 bits per heavy atom. The standard InChI is InChI=1S/C27H33ClN4O/c28-24-9-6-20(7-10-24)18-26(30)27(33)32-16-15-31(25(19-32)11-13-29)14-12-21-5-8-22-3-1-2-4-23(22)17-21/h1-10,17,25-26H,11-16,18-19,29-30H2. The Balaban J connectivity index is 1.34. The molecule has 0 saturated carbocycles. The van der Waals surface area contributed by atoms with Gasteiger partial charge in [-0.3, -0.25) is 9.69 Å². The van der Waals surface area contributed by atoms with Crippen molar-refractivity contribution in [2.24, 2.45) is 11.5 Å². The molecule has 33 heavy (non-hydrogen) atoms. The van der Waals surface area contributed by atoms with Crippen LogP contribution in [-0.2, 0) is 17.6 Å². The van der Waals surface area contributed by atoms with Gasteiger partial charge >= 0.3 is 0 Å². The molecule has 1 amide bonds. The summed E-state index contributed by atoms with van der Waals surface area (Å²) in [6, 6.07) is 22.4. The predicted molar refractivity (Wildman–Crippen MR) is 136 cm³/mol. The van der Waals surface area contributed by atoms with Gasteiger partial charge in [0.1, 0.15) is 0 Å². The maximum absolute atomic E-state index is 13.1. The molecule has 3 aromatic rings. The lowest BCUT2D eigenvalue weighted by Crippen LogP contribution is -2.58. The van der Waals surface area contributed by atoms with Crippen LogP contribution >= 0.6 is 11.6 Å². The first-order valence-electron chi connectivity index (χ1n) is 11.7. The van der Waals surface area contributed by atoms with Crippen LogP contribution in [0.25, 0.3) is 10.8 Å². The first kappa shape index (κ1) is 23.7. The van der Waals surface area contributed by atoms with Crippen molar-refractivity contribution in [1.29, 1.82) is 0 Å². The van der Waals surface area contributed by atoms with E-state index in [-0.39, 0.29) is 11.9 Å². The highest BCUT2D eigenvalue weighted by atomic mass is 35.5. The highest BCUT2D eigenvalue weighted by molar-refractivity contribution is 6.30. The minimum Gasteiger partial charge on any atom is -0.338 e. The molecule has 174 valence electrons. The van der Waals surface area contributed by atoms with Crippen molar-refractivity contribution in [2.45, 2.75) is 31.3 Å². The maximum atomic E-state index is 13.1. The molecule has 1 heterocycles. The number of nitrogens with two attached hydrogens (primary N) is 2. The van der Waals surface area contributed by atoms with E-state index >= 15 is 0 Å². The maximum Gasteiger partial charge on any atom is 0.239 e. The van der Waals surface area contributed by atoms with E-state index in [2.05, 4.69) is 47.4 Å². The van der Waals surface area contributed by atoms with Gasteiger partial charge < -0.3 is 16.4 Å². The van der Waals surface area contributed by atoms with E-state index in [1.54, 1.807) is 0 Å². The molecule has 0 radical (unpaired) electrons. The van der Waals surface area contributed by atoms with Gasteiger partial charge in [0.2, 0.25) is 5.91 Å². The van der Waals surface area contributed by atoms with Crippen LogP contribution in [0.4, 0.5) is 0 Å². The average molecular weight is 465 g/mol. The van der Waals surface area contributed by atoms with E-state index in [1.807, 2.05) is 29.2 Å². The third-order valence-corrected chi connectivity index (χ3v) is 6.86. The second kappa shape index (κ2) is 11.1. The molecule has 1 aliphatic heterocycles. The Hall–Kier alpha value is -2.44. The summed E-state index contributed by atoms with van der Waals surface area (Å²) < 4.78 is 0. The fourth-order valence-corrected chi connectivity index (χ4v) is 4.84. The van der Waals surface area contributed by atoms with Crippen LogP contribution in [0.3, 0.4) is 0 Å². The molecule has 2 unspecified atom stereocenters. The number of benzene rings is 3. The number of hydrogen-bond acceptors (Lipinski definition) is 4. The molecule has 3 aromatic carbocycles. The predicted octanol–water partition coefficient (Wildman–Crippen LogP) is 3.47. The van der Waals surface area contributed by atoms with Gasteiger partial charge in [0.15, 0.2) is 0 Å². The molecule has 2 atom stereocenters. The van der Waals surface area contributed by atoms with Gasteiger partial charge in [-0.1, -0.05) is 66.2 Å². The smallest absolute Gasteiger partial charge is 0.239 e. The van der Waals surface area contributed by atoms with E-state index < -0.39 is 6.04 Å². The number of piperazine rings is 1. The summed E-state index contributed by atoms with van der Waals surface area (Å²) >= 11 is 5.96. The molecule has 4 rings (SSSR count). The molecule has 6 heteroatoms. The number of amides is 1. The highest BCUT2D eigenvalue weighted by Crippen LogP contribution is 2.19. The average Bonchev–Trinajstić information content (AvgIpc) is 2.84. The topological polar surface area (TPSA) is 75.6 Å². The zero-order chi connectivity index (χ0) is 23.2. The monoisotopic (exact) mass is 464 g/mol. The summed E-state index contributed by atoms with van der Waals surface area (Å²) in [7, 11) is 0. The zero-order valence-corrected chi connectivity index (χ0v) is 19.8. The highest BCUT2D eigenvalue weighted by Gasteiger charge is 2.31. The van der Waals surface area contributed by atoms with Gasteiger partial charge in [-0.2, -0.15) is 0 Å². The van der Waals surface area contributed by atoms with Crippen molar-refractivity contribution in [1.82, 2.24) is 9.80 Å². The molecule has 1 aliphatic rings. The molecule has 0 spiro atoms. The number of fused-ring (bicyclic) bond motifs is 1. The van der Waals surface area contributed by atoms with Gasteiger partial charge in [0.25, 0.3) is 0 Å². The first-order chi connectivity index (χ1) is 16.0. The number of halogens is 1. The molecule has 5 nitrogen and oxygen atoms in total. The minimum atomic E-state index is -0.547. The molecule has 0 bridgehead atoms. The molecular formula is C27H33ClN4O. The Kier molecular flexibility index (Phi) is 7.99. The van der Waals surface area contributed by atoms with Gasteiger partial charge in [-0.25, -0.2) is 0 Å². The lowest BCUT2D eigenvalue weighted by Gasteiger charge is -2.42. The Bertz CT molecular complexity index is 1070. The lowest BCUT2D eigenvalue weighted by atomic mass is 10.0. The Labute approximate surface area is 201 Å². The van der Waals surface area contributed by atoms with Crippen LogP contribution in [0, 0.1) is 0 Å². The van der Waals surface area contributed by atoms with E-state index in [9.17, 15) is 4.79 Å². The first-order valence-corrected chi connectivity index (χ1v) is 12.1. The Morgan fingerprint density at radius 1 is 1.00 bits per heavy atom. The van der Waals surface area contributed by atoms with E-state index in [0.717, 1.165) is 31.5 Å². The summed E-state index contributed by atoms with van der Waals surface area (Å²) in [6.07, 6.45) is 2.36. The van der Waals surface area contributed by atoms with E-state index in [1.165, 1.54) is 16.3 Å². The number of carbonyl (C=O) groups is 1. The van der Waals surface area contributed by atoms with Crippen LogP contribution in [0.1, 0.15) is 17.5 Å². The van der Waals surface area contributed by atoms with Crippen LogP contribution in [-0.4, -0.2) is 60.5 Å². The summed E-state index contributed by atoms with van der Waals surface area (Å²) in [6.45, 7) is 3.80. The SMILES string of the molecule is NCCC1CN(C(=O)C(N)Cc2ccc(Cl)cc2)CCN1CCc1ccc2ccccc2c1. The van der Waals surface area contributed by atoms with Crippen LogP contribution in [0.2, 0.25) is 5.02 Å². The van der Waals surface area contributed by atoms with Crippen molar-refractivity contribution < 1.29 is 4.79 Å². The third-order valence-electron chi connectivity index (χ3n) is 6.60. The van der Waals surface area contributed by atoms with Gasteiger partial charge in [-0.15, -0.1) is 0 Å². The molecule has 0 aliphatic carbocycles. The Morgan fingerprint density at radius 3 is 2.48 bits per heavy atom. The number of nitrogens with zero attached hydrogens (tertiary/aromatic N) is 2. The molecule has 0 aromatic heterocycles. The van der Waals surface area contributed by atoms with E-state index in [4.69, 9.17) is 23.1 Å². The third kappa shape index (κ3) is 6.12. The second-order valence-electron chi connectivity index (χ2n) is 8.92.